The van der Waals surface area contributed by atoms with Gasteiger partial charge in [0.25, 0.3) is 0 Å². The van der Waals surface area contributed by atoms with Gasteiger partial charge in [0.05, 0.1) is 12.1 Å². The smallest absolute Gasteiger partial charge is 0.139 e. The zero-order chi connectivity index (χ0) is 14.5. The van der Waals surface area contributed by atoms with Gasteiger partial charge in [0, 0.05) is 44.7 Å². The Kier molecular flexibility index (Phi) is 4.62. The third-order valence-corrected chi connectivity index (χ3v) is 3.95. The van der Waals surface area contributed by atoms with E-state index >= 15 is 0 Å². The van der Waals surface area contributed by atoms with E-state index in [0.717, 1.165) is 62.7 Å². The number of nitrogens with zero attached hydrogens (tertiary/aromatic N) is 4. The lowest BCUT2D eigenvalue weighted by atomic mass is 10.2. The van der Waals surface area contributed by atoms with Gasteiger partial charge in [-0.15, -0.1) is 0 Å². The summed E-state index contributed by atoms with van der Waals surface area (Å²) in [6.45, 7) is 8.82. The fraction of sp³-hybridized carbons (Fsp3) is 0.500. The van der Waals surface area contributed by atoms with Gasteiger partial charge >= 0.3 is 0 Å². The Labute approximate surface area is 125 Å². The second-order valence-corrected chi connectivity index (χ2v) is 5.24. The molecule has 1 aromatic carbocycles. The van der Waals surface area contributed by atoms with Crippen molar-refractivity contribution in [1.29, 1.82) is 0 Å². The number of benzene rings is 1. The van der Waals surface area contributed by atoms with Crippen molar-refractivity contribution in [2.24, 2.45) is 0 Å². The highest BCUT2D eigenvalue weighted by Crippen LogP contribution is 2.23. The third-order valence-electron chi connectivity index (χ3n) is 3.95. The Hall–Kier alpha value is -1.72. The molecule has 5 nitrogen and oxygen atoms in total. The van der Waals surface area contributed by atoms with E-state index in [-0.39, 0.29) is 0 Å². The molecular weight excluding hydrogens is 264 g/mol. The predicted octanol–water partition coefficient (Wildman–Crippen LogP) is 1.79. The maximum atomic E-state index is 5.43. The zero-order valence-corrected chi connectivity index (χ0v) is 12.5. The van der Waals surface area contributed by atoms with Crippen LogP contribution in [0.5, 0.6) is 0 Å². The average Bonchev–Trinajstić information content (AvgIpc) is 2.55. The molecule has 21 heavy (non-hydrogen) atoms. The van der Waals surface area contributed by atoms with Crippen LogP contribution in [0.15, 0.2) is 30.6 Å². The van der Waals surface area contributed by atoms with Gasteiger partial charge in [-0.3, -0.25) is 4.90 Å². The lowest BCUT2D eigenvalue weighted by Gasteiger charge is -2.35. The summed E-state index contributed by atoms with van der Waals surface area (Å²) < 4.78 is 5.43. The molecular formula is C16H22N4O. The first-order valence-corrected chi connectivity index (χ1v) is 7.63. The number of hydrogen-bond donors (Lipinski definition) is 0. The first kappa shape index (κ1) is 14.2. The maximum absolute atomic E-state index is 5.43. The minimum atomic E-state index is 0.799. The number of aromatic nitrogens is 2. The number of para-hydroxylation sites is 1. The lowest BCUT2D eigenvalue weighted by molar-refractivity contribution is 0.111. The number of piperazine rings is 1. The summed E-state index contributed by atoms with van der Waals surface area (Å²) in [5.74, 6) is 1.06. The van der Waals surface area contributed by atoms with E-state index in [1.807, 2.05) is 25.1 Å². The number of rotatable bonds is 5. The molecule has 0 radical (unpaired) electrons. The Bertz CT molecular complexity index is 576. The Morgan fingerprint density at radius 3 is 2.71 bits per heavy atom. The molecule has 0 saturated carbocycles. The van der Waals surface area contributed by atoms with Crippen LogP contribution >= 0.6 is 0 Å². The van der Waals surface area contributed by atoms with Gasteiger partial charge < -0.3 is 9.64 Å². The first-order valence-electron chi connectivity index (χ1n) is 7.63. The molecule has 0 spiro atoms. The molecule has 2 aromatic rings. The van der Waals surface area contributed by atoms with Crippen LogP contribution in [0.1, 0.15) is 6.92 Å². The van der Waals surface area contributed by atoms with E-state index in [1.165, 1.54) is 0 Å². The van der Waals surface area contributed by atoms with Gasteiger partial charge in [-0.25, -0.2) is 9.97 Å². The van der Waals surface area contributed by atoms with Crippen molar-refractivity contribution in [2.75, 3.05) is 50.8 Å². The van der Waals surface area contributed by atoms with Crippen molar-refractivity contribution in [1.82, 2.24) is 14.9 Å². The summed E-state index contributed by atoms with van der Waals surface area (Å²) in [6, 6.07) is 8.21. The number of anilines is 1. The van der Waals surface area contributed by atoms with E-state index in [4.69, 9.17) is 4.74 Å². The normalized spacial score (nSPS) is 16.5. The maximum Gasteiger partial charge on any atom is 0.139 e. The van der Waals surface area contributed by atoms with Gasteiger partial charge in [0.15, 0.2) is 0 Å². The fourth-order valence-corrected chi connectivity index (χ4v) is 2.76. The molecule has 1 aromatic heterocycles. The summed E-state index contributed by atoms with van der Waals surface area (Å²) in [5.41, 5.74) is 1.02. The van der Waals surface area contributed by atoms with Crippen molar-refractivity contribution >= 4 is 16.7 Å². The van der Waals surface area contributed by atoms with Crippen molar-refractivity contribution in [2.45, 2.75) is 6.92 Å². The molecule has 0 aliphatic carbocycles. The van der Waals surface area contributed by atoms with Crippen molar-refractivity contribution in [3.8, 4) is 0 Å². The number of hydrogen-bond acceptors (Lipinski definition) is 5. The van der Waals surface area contributed by atoms with E-state index in [0.29, 0.717) is 0 Å². The molecule has 1 aliphatic rings. The van der Waals surface area contributed by atoms with E-state index in [9.17, 15) is 0 Å². The largest absolute Gasteiger partial charge is 0.380 e. The molecule has 1 aliphatic heterocycles. The molecule has 1 saturated heterocycles. The first-order chi connectivity index (χ1) is 10.4. The van der Waals surface area contributed by atoms with E-state index < -0.39 is 0 Å². The minimum Gasteiger partial charge on any atom is -0.380 e. The van der Waals surface area contributed by atoms with Crippen LogP contribution < -0.4 is 4.90 Å². The molecule has 2 heterocycles. The predicted molar refractivity (Wildman–Crippen MR) is 84.7 cm³/mol. The van der Waals surface area contributed by atoms with Crippen LogP contribution in [0.2, 0.25) is 0 Å². The lowest BCUT2D eigenvalue weighted by Crippen LogP contribution is -2.47. The summed E-state index contributed by atoms with van der Waals surface area (Å²) in [6.07, 6.45) is 1.67. The van der Waals surface area contributed by atoms with Crippen LogP contribution in [0.3, 0.4) is 0 Å². The minimum absolute atomic E-state index is 0.799. The second kappa shape index (κ2) is 6.83. The van der Waals surface area contributed by atoms with Gasteiger partial charge in [-0.1, -0.05) is 12.1 Å². The van der Waals surface area contributed by atoms with Crippen LogP contribution in [0.25, 0.3) is 10.9 Å². The highest BCUT2D eigenvalue weighted by Gasteiger charge is 2.19. The molecule has 5 heteroatoms. The average molecular weight is 286 g/mol. The van der Waals surface area contributed by atoms with Crippen LogP contribution in [-0.2, 0) is 4.74 Å². The van der Waals surface area contributed by atoms with Crippen LogP contribution in [0.4, 0.5) is 5.82 Å². The molecule has 0 unspecified atom stereocenters. The Morgan fingerprint density at radius 1 is 1.10 bits per heavy atom. The molecule has 0 atom stereocenters. The topological polar surface area (TPSA) is 41.5 Å². The van der Waals surface area contributed by atoms with E-state index in [1.54, 1.807) is 6.33 Å². The number of fused-ring (bicyclic) bond motifs is 1. The second-order valence-electron chi connectivity index (χ2n) is 5.24. The highest BCUT2D eigenvalue weighted by atomic mass is 16.5. The molecule has 1 fully saturated rings. The molecule has 0 bridgehead atoms. The van der Waals surface area contributed by atoms with Gasteiger partial charge in [0.2, 0.25) is 0 Å². The quantitative estimate of drug-likeness (QED) is 0.784. The standard InChI is InChI=1S/C16H22N4O/c1-2-21-12-11-19-7-9-20(10-8-19)16-14-5-3-4-6-15(14)17-13-18-16/h3-6,13H,2,7-12H2,1H3. The Morgan fingerprint density at radius 2 is 1.90 bits per heavy atom. The van der Waals surface area contributed by atoms with Crippen LogP contribution in [0, 0.1) is 0 Å². The van der Waals surface area contributed by atoms with E-state index in [2.05, 4.69) is 25.8 Å². The number of ether oxygens (including phenoxy) is 1. The molecule has 3 rings (SSSR count). The summed E-state index contributed by atoms with van der Waals surface area (Å²) in [5, 5.41) is 1.14. The highest BCUT2D eigenvalue weighted by molar-refractivity contribution is 5.89. The van der Waals surface area contributed by atoms with Crippen molar-refractivity contribution in [3.05, 3.63) is 30.6 Å². The van der Waals surface area contributed by atoms with Crippen molar-refractivity contribution < 1.29 is 4.74 Å². The van der Waals surface area contributed by atoms with Crippen molar-refractivity contribution in [3.63, 3.8) is 0 Å². The Balaban J connectivity index is 1.66. The monoisotopic (exact) mass is 286 g/mol. The molecule has 112 valence electrons. The summed E-state index contributed by atoms with van der Waals surface area (Å²) in [7, 11) is 0. The fourth-order valence-electron chi connectivity index (χ4n) is 2.76. The van der Waals surface area contributed by atoms with Gasteiger partial charge in [-0.2, -0.15) is 0 Å². The summed E-state index contributed by atoms with van der Waals surface area (Å²) in [4.78, 5) is 13.7. The van der Waals surface area contributed by atoms with Gasteiger partial charge in [0.1, 0.15) is 12.1 Å². The SMILES string of the molecule is CCOCCN1CCN(c2ncnc3ccccc23)CC1. The zero-order valence-electron chi connectivity index (χ0n) is 12.5. The summed E-state index contributed by atoms with van der Waals surface area (Å²) >= 11 is 0. The van der Waals surface area contributed by atoms with Crippen LogP contribution in [-0.4, -0.2) is 60.8 Å². The third kappa shape index (κ3) is 3.31. The molecule has 0 amide bonds. The molecule has 0 N–H and O–H groups in total. The van der Waals surface area contributed by atoms with Gasteiger partial charge in [-0.05, 0) is 19.1 Å².